The number of hydrogen-bond acceptors (Lipinski definition) is 5. The van der Waals surface area contributed by atoms with Crippen LogP contribution < -0.4 is 0 Å². The highest BCUT2D eigenvalue weighted by Gasteiger charge is 2.27. The Morgan fingerprint density at radius 3 is 1.88 bits per heavy atom. The molecule has 138 valence electrons. The van der Waals surface area contributed by atoms with Gasteiger partial charge < -0.3 is 4.48 Å². The van der Waals surface area contributed by atoms with E-state index >= 15 is 0 Å². The molecule has 0 radical (unpaired) electrons. The maximum Gasteiger partial charge on any atom is 0.311 e. The van der Waals surface area contributed by atoms with E-state index in [0.29, 0.717) is 13.0 Å². The minimum atomic E-state index is -4.31. The van der Waals surface area contributed by atoms with E-state index in [1.54, 1.807) is 12.1 Å². The highest BCUT2D eigenvalue weighted by Crippen LogP contribution is 2.17. The monoisotopic (exact) mass is 378 g/mol. The van der Waals surface area contributed by atoms with Gasteiger partial charge in [-0.2, -0.15) is 16.8 Å². The van der Waals surface area contributed by atoms with Gasteiger partial charge in [-0.1, -0.05) is 17.7 Å². The van der Waals surface area contributed by atoms with Gasteiger partial charge in [0, 0.05) is 6.42 Å². The number of quaternary nitrogens is 1. The zero-order valence-corrected chi connectivity index (χ0v) is 16.5. The van der Waals surface area contributed by atoms with Gasteiger partial charge in [0.05, 0.1) is 36.8 Å². The van der Waals surface area contributed by atoms with Crippen LogP contribution in [0.25, 0.3) is 0 Å². The molecule has 0 saturated carbocycles. The fourth-order valence-electron chi connectivity index (χ4n) is 2.64. The van der Waals surface area contributed by atoms with E-state index in [1.807, 2.05) is 6.92 Å². The quantitative estimate of drug-likeness (QED) is 0.584. The van der Waals surface area contributed by atoms with Crippen molar-refractivity contribution in [2.75, 3.05) is 31.9 Å². The number of aryl methyl sites for hydroxylation is 1. The van der Waals surface area contributed by atoms with Gasteiger partial charge in [0.25, 0.3) is 10.1 Å². The summed E-state index contributed by atoms with van der Waals surface area (Å²) in [6.45, 7) is 11.4. The SMILES string of the molecule is CC[N+](CC)(CC)CCCS(=O)(=O)OS(=O)(=O)c1ccc(C)cc1. The number of hydrogen-bond donors (Lipinski definition) is 0. The third kappa shape index (κ3) is 5.84. The fourth-order valence-corrected chi connectivity index (χ4v) is 5.27. The average Bonchev–Trinajstić information content (AvgIpc) is 2.51. The van der Waals surface area contributed by atoms with Crippen LogP contribution in [0.1, 0.15) is 32.8 Å². The maximum absolute atomic E-state index is 12.1. The molecule has 0 amide bonds. The summed E-state index contributed by atoms with van der Waals surface area (Å²) < 4.78 is 53.5. The summed E-state index contributed by atoms with van der Waals surface area (Å²) in [4.78, 5) is -0.155. The summed E-state index contributed by atoms with van der Waals surface area (Å²) in [5, 5.41) is 0. The molecule has 6 nitrogen and oxygen atoms in total. The molecule has 0 fully saturated rings. The predicted octanol–water partition coefficient (Wildman–Crippen LogP) is 2.30. The molecule has 0 aromatic heterocycles. The molecule has 8 heteroatoms. The third-order valence-electron chi connectivity index (χ3n) is 4.54. The van der Waals surface area contributed by atoms with Gasteiger partial charge >= 0.3 is 10.1 Å². The number of benzene rings is 1. The molecule has 0 N–H and O–H groups in total. The Morgan fingerprint density at radius 2 is 1.42 bits per heavy atom. The minimum absolute atomic E-state index is 0.155. The zero-order chi connectivity index (χ0) is 18.4. The van der Waals surface area contributed by atoms with Crippen LogP contribution in [0.15, 0.2) is 29.2 Å². The summed E-state index contributed by atoms with van der Waals surface area (Å²) in [6, 6.07) is 5.87. The molecule has 1 rings (SSSR count). The van der Waals surface area contributed by atoms with Crippen molar-refractivity contribution in [1.82, 2.24) is 0 Å². The van der Waals surface area contributed by atoms with Crippen molar-refractivity contribution in [2.24, 2.45) is 0 Å². The van der Waals surface area contributed by atoms with Crippen LogP contribution in [-0.2, 0) is 23.9 Å². The van der Waals surface area contributed by atoms with Gasteiger partial charge in [0.2, 0.25) is 0 Å². The van der Waals surface area contributed by atoms with Crippen molar-refractivity contribution < 1.29 is 24.9 Å². The first kappa shape index (κ1) is 21.1. The molecular formula is C16H28NO5S2+. The number of rotatable bonds is 10. The van der Waals surface area contributed by atoms with Crippen LogP contribution in [0, 0.1) is 6.92 Å². The van der Waals surface area contributed by atoms with Gasteiger partial charge in [0.15, 0.2) is 0 Å². The molecule has 0 aliphatic carbocycles. The van der Waals surface area contributed by atoms with E-state index in [4.69, 9.17) is 0 Å². The van der Waals surface area contributed by atoms with Gasteiger partial charge in [-0.05, 0) is 39.8 Å². The Morgan fingerprint density at radius 1 is 0.917 bits per heavy atom. The van der Waals surface area contributed by atoms with Crippen molar-refractivity contribution in [2.45, 2.75) is 39.0 Å². The molecule has 24 heavy (non-hydrogen) atoms. The molecule has 0 heterocycles. The highest BCUT2D eigenvalue weighted by atomic mass is 32.3. The normalized spacial score (nSPS) is 13.2. The first-order chi connectivity index (χ1) is 11.1. The molecular weight excluding hydrogens is 350 g/mol. The van der Waals surface area contributed by atoms with E-state index in [9.17, 15) is 16.8 Å². The van der Waals surface area contributed by atoms with Gasteiger partial charge in [0.1, 0.15) is 0 Å². The van der Waals surface area contributed by atoms with Crippen molar-refractivity contribution in [3.05, 3.63) is 29.8 Å². The third-order valence-corrected chi connectivity index (χ3v) is 7.73. The zero-order valence-electron chi connectivity index (χ0n) is 14.9. The predicted molar refractivity (Wildman–Crippen MR) is 94.6 cm³/mol. The van der Waals surface area contributed by atoms with Crippen LogP contribution in [0.2, 0.25) is 0 Å². The minimum Gasteiger partial charge on any atom is -0.324 e. The lowest BCUT2D eigenvalue weighted by molar-refractivity contribution is -0.923. The topological polar surface area (TPSA) is 77.5 Å². The molecule has 1 aromatic rings. The standard InChI is InChI=1S/C16H28NO5S2/c1-5-17(6-2,7-3)13-8-14-23(18,19)22-24(20,21)16-11-9-15(4)10-12-16/h9-12H,5-8,13-14H2,1-4H3/q+1. The van der Waals surface area contributed by atoms with Crippen molar-refractivity contribution >= 4 is 20.2 Å². The van der Waals surface area contributed by atoms with Crippen molar-refractivity contribution in [3.63, 3.8) is 0 Å². The van der Waals surface area contributed by atoms with Crippen LogP contribution in [-0.4, -0.2) is 53.3 Å². The van der Waals surface area contributed by atoms with E-state index in [2.05, 4.69) is 24.4 Å². The van der Waals surface area contributed by atoms with Crippen molar-refractivity contribution in [3.8, 4) is 0 Å². The Hall–Kier alpha value is -0.960. The van der Waals surface area contributed by atoms with Gasteiger partial charge in [-0.15, -0.1) is 3.63 Å². The largest absolute Gasteiger partial charge is 0.324 e. The first-order valence-electron chi connectivity index (χ1n) is 8.20. The second-order valence-corrected chi connectivity index (χ2v) is 9.41. The smallest absolute Gasteiger partial charge is 0.311 e. The summed E-state index contributed by atoms with van der Waals surface area (Å²) in [7, 11) is -8.45. The fraction of sp³-hybridized carbons (Fsp3) is 0.625. The summed E-state index contributed by atoms with van der Waals surface area (Å²) in [5.41, 5.74) is 0.879. The molecule has 0 atom stereocenters. The van der Waals surface area contributed by atoms with Crippen LogP contribution >= 0.6 is 0 Å². The van der Waals surface area contributed by atoms with Gasteiger partial charge in [-0.25, -0.2) is 0 Å². The molecule has 0 spiro atoms. The van der Waals surface area contributed by atoms with Crippen molar-refractivity contribution in [1.29, 1.82) is 0 Å². The Kier molecular flexibility index (Phi) is 7.40. The van der Waals surface area contributed by atoms with Crippen LogP contribution in [0.5, 0.6) is 0 Å². The molecule has 0 saturated heterocycles. The highest BCUT2D eigenvalue weighted by molar-refractivity contribution is 7.99. The second-order valence-electron chi connectivity index (χ2n) is 5.96. The summed E-state index contributed by atoms with van der Waals surface area (Å²) in [5.74, 6) is -0.307. The lowest BCUT2D eigenvalue weighted by Gasteiger charge is -2.35. The van der Waals surface area contributed by atoms with E-state index in [-0.39, 0.29) is 10.6 Å². The molecule has 0 bridgehead atoms. The van der Waals surface area contributed by atoms with Crippen LogP contribution in [0.4, 0.5) is 0 Å². The summed E-state index contributed by atoms with van der Waals surface area (Å²) in [6.07, 6.45) is 0.362. The molecule has 1 aromatic carbocycles. The molecule has 0 aliphatic rings. The molecule has 0 aliphatic heterocycles. The van der Waals surface area contributed by atoms with E-state index < -0.39 is 20.2 Å². The molecule has 0 unspecified atom stereocenters. The van der Waals surface area contributed by atoms with E-state index in [1.165, 1.54) is 12.1 Å². The van der Waals surface area contributed by atoms with E-state index in [0.717, 1.165) is 29.7 Å². The lowest BCUT2D eigenvalue weighted by Crippen LogP contribution is -2.48. The Balaban J connectivity index is 2.74. The Labute approximate surface area is 146 Å². The number of nitrogens with zero attached hydrogens (tertiary/aromatic N) is 1. The average molecular weight is 379 g/mol. The first-order valence-corrected chi connectivity index (χ1v) is 11.2. The van der Waals surface area contributed by atoms with Gasteiger partial charge in [-0.3, -0.25) is 0 Å². The van der Waals surface area contributed by atoms with Crippen LogP contribution in [0.3, 0.4) is 0 Å². The second kappa shape index (κ2) is 8.42. The maximum atomic E-state index is 12.1. The Bertz CT molecular complexity index is 712. The lowest BCUT2D eigenvalue weighted by atomic mass is 10.2. The summed E-state index contributed by atoms with van der Waals surface area (Å²) >= 11 is 0.